The first-order valence-electron chi connectivity index (χ1n) is 10.8. The number of rotatable bonds is 6. The minimum absolute atomic E-state index is 0.0671. The zero-order valence-electron chi connectivity index (χ0n) is 17.9. The van der Waals surface area contributed by atoms with Crippen molar-refractivity contribution in [2.75, 3.05) is 20.1 Å². The molecule has 0 aliphatic carbocycles. The summed E-state index contributed by atoms with van der Waals surface area (Å²) in [6.45, 7) is 2.19. The van der Waals surface area contributed by atoms with Crippen LogP contribution in [-0.4, -0.2) is 35.9 Å². The van der Waals surface area contributed by atoms with Crippen LogP contribution in [0.2, 0.25) is 0 Å². The standard InChI is InChI=1S/C26H28FN3O/c1-28-25(31)26(12-6-14-30(19-26)18-20-7-4-10-23(27)15-20)16-21-8-2-3-11-24(21)22-9-5-13-29-17-22/h2-5,7-11,13,15,17H,6,12,14,16,18-19H2,1H3,(H,28,31). The highest BCUT2D eigenvalue weighted by Crippen LogP contribution is 2.37. The van der Waals surface area contributed by atoms with Gasteiger partial charge in [0.15, 0.2) is 0 Å². The molecular weight excluding hydrogens is 389 g/mol. The molecule has 1 fully saturated rings. The zero-order valence-corrected chi connectivity index (χ0v) is 17.9. The van der Waals surface area contributed by atoms with Crippen molar-refractivity contribution in [1.29, 1.82) is 0 Å². The second kappa shape index (κ2) is 9.40. The molecule has 1 saturated heterocycles. The van der Waals surface area contributed by atoms with Crippen molar-refractivity contribution in [1.82, 2.24) is 15.2 Å². The van der Waals surface area contributed by atoms with Gasteiger partial charge in [-0.1, -0.05) is 42.5 Å². The van der Waals surface area contributed by atoms with E-state index in [4.69, 9.17) is 0 Å². The highest BCUT2D eigenvalue weighted by Gasteiger charge is 2.42. The summed E-state index contributed by atoms with van der Waals surface area (Å²) in [5.41, 5.74) is 3.72. The van der Waals surface area contributed by atoms with Crippen molar-refractivity contribution in [3.8, 4) is 11.1 Å². The van der Waals surface area contributed by atoms with E-state index in [0.29, 0.717) is 19.5 Å². The second-order valence-electron chi connectivity index (χ2n) is 8.38. The molecule has 1 aliphatic heterocycles. The third-order valence-corrected chi connectivity index (χ3v) is 6.18. The number of benzene rings is 2. The SMILES string of the molecule is CNC(=O)C1(Cc2ccccc2-c2cccnc2)CCCN(Cc2cccc(F)c2)C1. The Bertz CT molecular complexity index is 1040. The maximum atomic E-state index is 13.7. The average molecular weight is 418 g/mol. The van der Waals surface area contributed by atoms with Gasteiger partial charge in [-0.25, -0.2) is 4.39 Å². The monoisotopic (exact) mass is 417 g/mol. The average Bonchev–Trinajstić information content (AvgIpc) is 2.80. The Morgan fingerprint density at radius 2 is 2.03 bits per heavy atom. The van der Waals surface area contributed by atoms with Gasteiger partial charge in [0.25, 0.3) is 0 Å². The highest BCUT2D eigenvalue weighted by molar-refractivity contribution is 5.83. The fourth-order valence-corrected chi connectivity index (χ4v) is 4.77. The summed E-state index contributed by atoms with van der Waals surface area (Å²) in [5, 5.41) is 2.91. The van der Waals surface area contributed by atoms with Crippen LogP contribution in [0.5, 0.6) is 0 Å². The third kappa shape index (κ3) is 4.83. The molecule has 3 aromatic rings. The van der Waals surface area contributed by atoms with Gasteiger partial charge in [0, 0.05) is 38.1 Å². The number of nitrogens with zero attached hydrogens (tertiary/aromatic N) is 2. The lowest BCUT2D eigenvalue weighted by atomic mass is 9.73. The molecule has 2 heterocycles. The van der Waals surface area contributed by atoms with E-state index in [2.05, 4.69) is 33.4 Å². The predicted octanol–water partition coefficient (Wildman–Crippen LogP) is 4.46. The Morgan fingerprint density at radius 3 is 2.81 bits per heavy atom. The smallest absolute Gasteiger partial charge is 0.227 e. The molecule has 0 radical (unpaired) electrons. The van der Waals surface area contributed by atoms with Crippen LogP contribution in [0.3, 0.4) is 0 Å². The van der Waals surface area contributed by atoms with Crippen LogP contribution in [-0.2, 0) is 17.8 Å². The van der Waals surface area contributed by atoms with E-state index in [9.17, 15) is 9.18 Å². The van der Waals surface area contributed by atoms with E-state index >= 15 is 0 Å². The molecule has 0 saturated carbocycles. The lowest BCUT2D eigenvalue weighted by Crippen LogP contribution is -2.52. The Balaban J connectivity index is 1.63. The van der Waals surface area contributed by atoms with Gasteiger partial charge in [0.2, 0.25) is 5.91 Å². The topological polar surface area (TPSA) is 45.2 Å². The summed E-state index contributed by atoms with van der Waals surface area (Å²) in [4.78, 5) is 19.7. The Labute approximate surface area is 183 Å². The molecule has 1 unspecified atom stereocenters. The summed E-state index contributed by atoms with van der Waals surface area (Å²) in [7, 11) is 1.71. The normalized spacial score (nSPS) is 19.2. The van der Waals surface area contributed by atoms with Crippen molar-refractivity contribution in [3.05, 3.63) is 90.0 Å². The number of aromatic nitrogens is 1. The number of hydrogen-bond acceptors (Lipinski definition) is 3. The molecule has 160 valence electrons. The van der Waals surface area contributed by atoms with Crippen molar-refractivity contribution in [2.24, 2.45) is 5.41 Å². The molecule has 4 rings (SSSR count). The molecule has 2 aromatic carbocycles. The van der Waals surface area contributed by atoms with Crippen LogP contribution in [0.4, 0.5) is 4.39 Å². The summed E-state index contributed by atoms with van der Waals surface area (Å²) < 4.78 is 13.7. The first-order chi connectivity index (χ1) is 15.1. The lowest BCUT2D eigenvalue weighted by Gasteiger charge is -2.42. The number of hydrogen-bond donors (Lipinski definition) is 1. The van der Waals surface area contributed by atoms with Crippen molar-refractivity contribution < 1.29 is 9.18 Å². The van der Waals surface area contributed by atoms with Gasteiger partial charge in [-0.2, -0.15) is 0 Å². The number of carbonyl (C=O) groups is 1. The Hall–Kier alpha value is -3.05. The number of piperidine rings is 1. The molecule has 1 atom stereocenters. The van der Waals surface area contributed by atoms with Gasteiger partial charge < -0.3 is 5.32 Å². The van der Waals surface area contributed by atoms with Crippen LogP contribution in [0.1, 0.15) is 24.0 Å². The van der Waals surface area contributed by atoms with Gasteiger partial charge >= 0.3 is 0 Å². The van der Waals surface area contributed by atoms with Gasteiger partial charge in [-0.3, -0.25) is 14.7 Å². The number of likely N-dealkylation sites (tertiary alicyclic amines) is 1. The summed E-state index contributed by atoms with van der Waals surface area (Å²) in [6.07, 6.45) is 6.04. The second-order valence-corrected chi connectivity index (χ2v) is 8.38. The van der Waals surface area contributed by atoms with Gasteiger partial charge in [-0.15, -0.1) is 0 Å². The number of pyridine rings is 1. The molecule has 1 amide bonds. The van der Waals surface area contributed by atoms with Crippen molar-refractivity contribution >= 4 is 5.91 Å². The first kappa shape index (κ1) is 21.2. The number of carbonyl (C=O) groups excluding carboxylic acids is 1. The maximum absolute atomic E-state index is 13.7. The highest BCUT2D eigenvalue weighted by atomic mass is 19.1. The molecular formula is C26H28FN3O. The van der Waals surface area contributed by atoms with Crippen LogP contribution in [0.25, 0.3) is 11.1 Å². The number of nitrogens with one attached hydrogen (secondary N) is 1. The van der Waals surface area contributed by atoms with Crippen molar-refractivity contribution in [3.63, 3.8) is 0 Å². The van der Waals surface area contributed by atoms with Gasteiger partial charge in [-0.05, 0) is 60.7 Å². The molecule has 0 bridgehead atoms. The Kier molecular flexibility index (Phi) is 6.42. The fourth-order valence-electron chi connectivity index (χ4n) is 4.77. The van der Waals surface area contributed by atoms with E-state index < -0.39 is 5.41 Å². The van der Waals surface area contributed by atoms with Crippen LogP contribution in [0, 0.1) is 11.2 Å². The van der Waals surface area contributed by atoms with Crippen LogP contribution >= 0.6 is 0 Å². The molecule has 4 nitrogen and oxygen atoms in total. The third-order valence-electron chi connectivity index (χ3n) is 6.18. The molecule has 1 N–H and O–H groups in total. The van der Waals surface area contributed by atoms with Gasteiger partial charge in [0.1, 0.15) is 5.82 Å². The van der Waals surface area contributed by atoms with Gasteiger partial charge in [0.05, 0.1) is 5.41 Å². The molecule has 5 heteroatoms. The van der Waals surface area contributed by atoms with E-state index in [1.165, 1.54) is 6.07 Å². The predicted molar refractivity (Wildman–Crippen MR) is 121 cm³/mol. The minimum Gasteiger partial charge on any atom is -0.359 e. The quantitative estimate of drug-likeness (QED) is 0.644. The summed E-state index contributed by atoms with van der Waals surface area (Å²) in [5.74, 6) is -0.157. The van der Waals surface area contributed by atoms with E-state index in [1.807, 2.05) is 30.5 Å². The van der Waals surface area contributed by atoms with E-state index in [1.54, 1.807) is 25.4 Å². The van der Waals surface area contributed by atoms with E-state index in [-0.39, 0.29) is 11.7 Å². The molecule has 0 spiro atoms. The largest absolute Gasteiger partial charge is 0.359 e. The van der Waals surface area contributed by atoms with Crippen LogP contribution in [0.15, 0.2) is 73.1 Å². The van der Waals surface area contributed by atoms with E-state index in [0.717, 1.165) is 41.6 Å². The fraction of sp³-hybridized carbons (Fsp3) is 0.308. The molecule has 31 heavy (non-hydrogen) atoms. The minimum atomic E-state index is -0.529. The summed E-state index contributed by atoms with van der Waals surface area (Å²) in [6, 6.07) is 19.0. The zero-order chi connectivity index (χ0) is 21.7. The maximum Gasteiger partial charge on any atom is 0.227 e. The number of halogens is 1. The van der Waals surface area contributed by atoms with Crippen molar-refractivity contribution in [2.45, 2.75) is 25.8 Å². The Morgan fingerprint density at radius 1 is 1.16 bits per heavy atom. The van der Waals surface area contributed by atoms with Crippen LogP contribution < -0.4 is 5.32 Å². The lowest BCUT2D eigenvalue weighted by molar-refractivity contribution is -0.134. The number of amides is 1. The molecule has 1 aromatic heterocycles. The summed E-state index contributed by atoms with van der Waals surface area (Å²) >= 11 is 0. The first-order valence-corrected chi connectivity index (χ1v) is 10.8. The molecule has 1 aliphatic rings.